The van der Waals surface area contributed by atoms with Gasteiger partial charge in [0.1, 0.15) is 18.3 Å². The van der Waals surface area contributed by atoms with E-state index in [4.69, 9.17) is 24.5 Å². The van der Waals surface area contributed by atoms with Crippen molar-refractivity contribution < 1.29 is 24.2 Å². The second-order valence-corrected chi connectivity index (χ2v) is 19.5. The van der Waals surface area contributed by atoms with Crippen molar-refractivity contribution in [1.29, 1.82) is 0 Å². The molecule has 0 spiro atoms. The number of fused-ring (bicyclic) bond motifs is 5. The molecule has 1 saturated heterocycles. The van der Waals surface area contributed by atoms with Crippen molar-refractivity contribution in [3.8, 4) is 0 Å². The Kier molecular flexibility index (Phi) is 16.1. The summed E-state index contributed by atoms with van der Waals surface area (Å²) >= 11 is 0. The highest BCUT2D eigenvalue weighted by molar-refractivity contribution is 6.24. The third-order valence-corrected chi connectivity index (χ3v) is 14.3. The van der Waals surface area contributed by atoms with Crippen molar-refractivity contribution in [3.05, 3.63) is 116 Å². The Bertz CT molecular complexity index is 2300. The molecule has 0 aromatic carbocycles. The minimum atomic E-state index is -1.08. The van der Waals surface area contributed by atoms with Gasteiger partial charge in [0.05, 0.1) is 41.3 Å². The second-order valence-electron chi connectivity index (χ2n) is 19.5. The number of allylic oxidation sites excluding steroid dienone is 12. The summed E-state index contributed by atoms with van der Waals surface area (Å²) in [4.78, 5) is 42.4. The summed E-state index contributed by atoms with van der Waals surface area (Å²) in [7, 11) is 1.33. The summed E-state index contributed by atoms with van der Waals surface area (Å²) in [5.74, 6) is -0.0182. The van der Waals surface area contributed by atoms with E-state index < -0.39 is 11.9 Å². The molecule has 8 bridgehead atoms. The van der Waals surface area contributed by atoms with Crippen molar-refractivity contribution in [2.24, 2.45) is 50.5 Å². The number of hydrogen-bond acceptors (Lipinski definition) is 9. The van der Waals surface area contributed by atoms with Crippen LogP contribution >= 0.6 is 0 Å². The molecule has 0 amide bonds. The van der Waals surface area contributed by atoms with Crippen molar-refractivity contribution in [3.63, 3.8) is 0 Å². The van der Waals surface area contributed by atoms with Gasteiger partial charge in [-0.2, -0.15) is 0 Å². The van der Waals surface area contributed by atoms with Crippen LogP contribution < -0.4 is 5.32 Å². The van der Waals surface area contributed by atoms with Crippen LogP contribution in [0.25, 0.3) is 0 Å². The fraction of sp³-hybridized carbons (Fsp3) is 0.545. The molecule has 5 aliphatic heterocycles. The molecule has 2 N–H and O–H groups in total. The Morgan fingerprint density at radius 1 is 0.875 bits per heavy atom. The number of ether oxygens (including phenoxy) is 2. The topological polar surface area (TPSA) is 122 Å². The molecule has 64 heavy (non-hydrogen) atoms. The number of methoxy groups -OCH3 is 1. The SMILES string of the molecule is C=CC1=C(C)C2=NC1=CC1=NC(=CC3=C(C)C4=C(O)[C@@H](C(=O)OC)C(=C5NC(=C2)[C@H](C)[C@@H]5CCC(=O)OC/C=C(/C)CCC[C@@H](C)CCC[C@H](C)CCCC(C)C)C4=N3)C(CC)=C1C. The molecule has 0 aromatic rings. The number of carbonyl (C=O) groups excluding carboxylic acids is 2. The maximum absolute atomic E-state index is 13.6. The van der Waals surface area contributed by atoms with Crippen molar-refractivity contribution in [1.82, 2.24) is 5.32 Å². The molecule has 344 valence electrons. The van der Waals surface area contributed by atoms with Crippen LogP contribution in [0.2, 0.25) is 0 Å². The first-order valence-electron chi connectivity index (χ1n) is 24.1. The number of aliphatic imine (C=N–C) groups is 3. The average Bonchev–Trinajstić information content (AvgIpc) is 3.99. The monoisotopic (exact) mass is 871 g/mol. The van der Waals surface area contributed by atoms with Gasteiger partial charge in [-0.3, -0.25) is 9.59 Å². The first-order valence-corrected chi connectivity index (χ1v) is 24.1. The number of nitrogens with zero attached hydrogens (tertiary/aromatic N) is 3. The Morgan fingerprint density at radius 2 is 1.53 bits per heavy atom. The van der Waals surface area contributed by atoms with E-state index >= 15 is 0 Å². The van der Waals surface area contributed by atoms with Gasteiger partial charge in [0, 0.05) is 46.4 Å². The fourth-order valence-electron chi connectivity index (χ4n) is 10.2. The van der Waals surface area contributed by atoms with Crippen LogP contribution in [0.15, 0.2) is 131 Å². The standard InChI is InChI=1S/C55H74N4O5/c1-13-39-35(8)42-28-44-37(10)41(24-25-48(60)64-27-26-34(7)23-17-22-33(6)21-16-20-32(5)19-15-18-31(3)4)52(58-44)50-51(55(62)63-12)54(61)49-38(11)45(59-53(49)50)30-47-40(14-2)36(9)43(57-47)29-46(39)56-42/h13,26,28-33,37,41,51,58,61H,1,14-25,27H2,2-12H3/b34-26-,44-28?,46-29?,47-30?,52-50?/t32-,33+,37-,41+,51+/m1/s1. The van der Waals surface area contributed by atoms with Crippen molar-refractivity contribution in [2.75, 3.05) is 13.7 Å². The van der Waals surface area contributed by atoms with Crippen LogP contribution in [0.4, 0.5) is 0 Å². The summed E-state index contributed by atoms with van der Waals surface area (Å²) in [6.07, 6.45) is 22.7. The highest BCUT2D eigenvalue weighted by atomic mass is 16.5. The smallest absolute Gasteiger partial charge is 0.321 e. The largest absolute Gasteiger partial charge is 0.510 e. The molecule has 0 saturated carbocycles. The number of hydrogen-bond donors (Lipinski definition) is 2. The third-order valence-electron chi connectivity index (χ3n) is 14.3. The Labute approximate surface area is 383 Å². The zero-order chi connectivity index (χ0) is 46.4. The maximum atomic E-state index is 13.6. The number of aliphatic hydroxyl groups excluding tert-OH is 1. The highest BCUT2D eigenvalue weighted by Gasteiger charge is 2.49. The normalized spacial score (nSPS) is 22.8. The fourth-order valence-corrected chi connectivity index (χ4v) is 10.2. The molecule has 0 unspecified atom stereocenters. The highest BCUT2D eigenvalue weighted by Crippen LogP contribution is 2.49. The molecule has 5 heterocycles. The van der Waals surface area contributed by atoms with Crippen molar-refractivity contribution >= 4 is 29.1 Å². The molecular weight excluding hydrogens is 797 g/mol. The summed E-state index contributed by atoms with van der Waals surface area (Å²) in [5.41, 5.74) is 13.3. The zero-order valence-corrected chi connectivity index (χ0v) is 40.7. The molecule has 6 aliphatic rings. The maximum Gasteiger partial charge on any atom is 0.321 e. The quantitative estimate of drug-likeness (QED) is 0.0928. The minimum Gasteiger partial charge on any atom is -0.510 e. The van der Waals surface area contributed by atoms with E-state index in [2.05, 4.69) is 73.4 Å². The number of aliphatic hydroxyl groups is 1. The lowest BCUT2D eigenvalue weighted by Gasteiger charge is -2.20. The molecule has 0 aromatic heterocycles. The zero-order valence-electron chi connectivity index (χ0n) is 40.7. The summed E-state index contributed by atoms with van der Waals surface area (Å²) in [5, 5.41) is 15.6. The third kappa shape index (κ3) is 10.6. The van der Waals surface area contributed by atoms with Gasteiger partial charge in [0.2, 0.25) is 0 Å². The first-order chi connectivity index (χ1) is 30.6. The van der Waals surface area contributed by atoms with Crippen LogP contribution in [-0.4, -0.2) is 47.9 Å². The molecule has 6 rings (SSSR count). The molecule has 9 nitrogen and oxygen atoms in total. The van der Waals surface area contributed by atoms with Gasteiger partial charge in [0.25, 0.3) is 0 Å². The van der Waals surface area contributed by atoms with E-state index in [0.29, 0.717) is 29.0 Å². The van der Waals surface area contributed by atoms with E-state index in [1.54, 1.807) is 0 Å². The lowest BCUT2D eigenvalue weighted by atomic mass is 9.84. The lowest BCUT2D eigenvalue weighted by Crippen LogP contribution is -2.25. The molecule has 9 heteroatoms. The molecule has 0 radical (unpaired) electrons. The van der Waals surface area contributed by atoms with E-state index in [0.717, 1.165) is 99.1 Å². The molecule has 5 atom stereocenters. The van der Waals surface area contributed by atoms with Crippen LogP contribution in [0.3, 0.4) is 0 Å². The van der Waals surface area contributed by atoms with E-state index in [1.165, 1.54) is 57.6 Å². The number of rotatable bonds is 20. The number of nitrogens with one attached hydrogen (secondary N) is 1. The summed E-state index contributed by atoms with van der Waals surface area (Å²) < 4.78 is 11.1. The summed E-state index contributed by atoms with van der Waals surface area (Å²) in [6, 6.07) is 0. The van der Waals surface area contributed by atoms with Gasteiger partial charge in [0.15, 0.2) is 0 Å². The van der Waals surface area contributed by atoms with Crippen LogP contribution in [0, 0.1) is 35.5 Å². The van der Waals surface area contributed by atoms with E-state index in [9.17, 15) is 14.7 Å². The van der Waals surface area contributed by atoms with Crippen LogP contribution in [-0.2, 0) is 19.1 Å². The van der Waals surface area contributed by atoms with Gasteiger partial charge in [-0.1, -0.05) is 105 Å². The Hall–Kier alpha value is -5.05. The number of carbonyl (C=O) groups is 2. The van der Waals surface area contributed by atoms with Gasteiger partial charge in [-0.25, -0.2) is 15.0 Å². The van der Waals surface area contributed by atoms with E-state index in [-0.39, 0.29) is 36.6 Å². The lowest BCUT2D eigenvalue weighted by molar-refractivity contribution is -0.144. The number of esters is 2. The molecule has 1 fully saturated rings. The Balaban J connectivity index is 1.20. The van der Waals surface area contributed by atoms with Crippen LogP contribution in [0.1, 0.15) is 146 Å². The van der Waals surface area contributed by atoms with Gasteiger partial charge >= 0.3 is 11.9 Å². The summed E-state index contributed by atoms with van der Waals surface area (Å²) in [6.45, 7) is 26.2. The van der Waals surface area contributed by atoms with Crippen molar-refractivity contribution in [2.45, 2.75) is 146 Å². The minimum absolute atomic E-state index is 0.0838. The average molecular weight is 871 g/mol. The Morgan fingerprint density at radius 3 is 2.19 bits per heavy atom. The van der Waals surface area contributed by atoms with Gasteiger partial charge in [-0.15, -0.1) is 0 Å². The van der Waals surface area contributed by atoms with Gasteiger partial charge < -0.3 is 19.9 Å². The predicted molar refractivity (Wildman–Crippen MR) is 262 cm³/mol. The second kappa shape index (κ2) is 21.3. The molecular formula is C55H74N4O5. The van der Waals surface area contributed by atoms with Crippen LogP contribution in [0.5, 0.6) is 0 Å². The van der Waals surface area contributed by atoms with E-state index in [1.807, 2.05) is 38.2 Å². The van der Waals surface area contributed by atoms with Gasteiger partial charge in [-0.05, 0) is 118 Å². The predicted octanol–water partition coefficient (Wildman–Crippen LogP) is 13.0. The first kappa shape index (κ1) is 48.4. The molecule has 1 aliphatic carbocycles.